The molecule has 0 aliphatic carbocycles. The van der Waals surface area contributed by atoms with Gasteiger partial charge in [-0.05, 0) is 44.0 Å². The number of aliphatic carboxylic acids is 1. The molecule has 8 heteroatoms. The highest BCUT2D eigenvalue weighted by molar-refractivity contribution is 7.90. The number of hydrogen-bond donors (Lipinski definition) is 1. The van der Waals surface area contributed by atoms with Gasteiger partial charge in [-0.15, -0.1) is 0 Å². The molecule has 1 aliphatic heterocycles. The number of carbonyl (C=O) groups excluding carboxylic acids is 1. The number of morpholine rings is 1. The Bertz CT molecular complexity index is 786. The largest absolute Gasteiger partial charge is 0.479 e. The SMILES string of the molecule is Cc1cc(S(C)(=O)=O)cc(C(=O)N2CC(C(=O)O)O[C@H](C)C2)c1C. The Labute approximate surface area is 141 Å². The van der Waals surface area contributed by atoms with E-state index in [1.165, 1.54) is 17.0 Å². The van der Waals surface area contributed by atoms with Crippen LogP contribution in [0.5, 0.6) is 0 Å². The summed E-state index contributed by atoms with van der Waals surface area (Å²) in [5, 5.41) is 9.13. The number of sulfone groups is 1. The minimum absolute atomic E-state index is 0.0693. The van der Waals surface area contributed by atoms with Crippen molar-refractivity contribution in [2.75, 3.05) is 19.3 Å². The molecule has 1 unspecified atom stereocenters. The van der Waals surface area contributed by atoms with Gasteiger partial charge in [-0.25, -0.2) is 13.2 Å². The van der Waals surface area contributed by atoms with Crippen molar-refractivity contribution in [3.63, 3.8) is 0 Å². The average molecular weight is 355 g/mol. The molecule has 1 saturated heterocycles. The van der Waals surface area contributed by atoms with Gasteiger partial charge in [0.2, 0.25) is 0 Å². The van der Waals surface area contributed by atoms with Crippen molar-refractivity contribution in [1.82, 2.24) is 4.90 Å². The quantitative estimate of drug-likeness (QED) is 0.869. The zero-order chi connectivity index (χ0) is 18.2. The molecule has 1 aromatic rings. The molecule has 7 nitrogen and oxygen atoms in total. The molecule has 0 bridgehead atoms. The lowest BCUT2D eigenvalue weighted by Gasteiger charge is -2.35. The second-order valence-corrected chi connectivity index (χ2v) is 8.18. The molecule has 1 aliphatic rings. The fourth-order valence-corrected chi connectivity index (χ4v) is 3.41. The molecular formula is C16H21NO6S. The number of nitrogens with zero attached hydrogens (tertiary/aromatic N) is 1. The summed E-state index contributed by atoms with van der Waals surface area (Å²) < 4.78 is 28.9. The third-order valence-corrected chi connectivity index (χ3v) is 5.21. The van der Waals surface area contributed by atoms with Gasteiger partial charge in [0.15, 0.2) is 15.9 Å². The third-order valence-electron chi connectivity index (χ3n) is 4.12. The normalized spacial score (nSPS) is 21.6. The molecule has 1 heterocycles. The van der Waals surface area contributed by atoms with Gasteiger partial charge in [-0.3, -0.25) is 4.79 Å². The number of hydrogen-bond acceptors (Lipinski definition) is 5. The Morgan fingerprint density at radius 1 is 1.25 bits per heavy atom. The van der Waals surface area contributed by atoms with Crippen molar-refractivity contribution in [2.45, 2.75) is 37.9 Å². The minimum atomic E-state index is -3.45. The molecule has 0 saturated carbocycles. The summed E-state index contributed by atoms with van der Waals surface area (Å²) in [7, 11) is -3.45. The van der Waals surface area contributed by atoms with Crippen molar-refractivity contribution >= 4 is 21.7 Å². The summed E-state index contributed by atoms with van der Waals surface area (Å²) in [6.45, 7) is 5.36. The highest BCUT2D eigenvalue weighted by Crippen LogP contribution is 2.23. The average Bonchev–Trinajstić information content (AvgIpc) is 2.47. The van der Waals surface area contributed by atoms with Crippen LogP contribution in [0.25, 0.3) is 0 Å². The Morgan fingerprint density at radius 3 is 2.42 bits per heavy atom. The summed E-state index contributed by atoms with van der Waals surface area (Å²) in [6.07, 6.45) is -0.414. The van der Waals surface area contributed by atoms with E-state index in [0.29, 0.717) is 11.1 Å². The van der Waals surface area contributed by atoms with E-state index in [1.807, 2.05) is 0 Å². The number of aryl methyl sites for hydroxylation is 1. The van der Waals surface area contributed by atoms with Crippen LogP contribution in [0, 0.1) is 13.8 Å². The maximum Gasteiger partial charge on any atom is 0.334 e. The first kappa shape index (κ1) is 18.4. The first-order valence-electron chi connectivity index (χ1n) is 7.49. The van der Waals surface area contributed by atoms with E-state index >= 15 is 0 Å². The zero-order valence-electron chi connectivity index (χ0n) is 14.1. The second-order valence-electron chi connectivity index (χ2n) is 6.17. The standard InChI is InChI=1S/C16H21NO6S/c1-9-5-12(24(4,21)22)6-13(11(9)3)15(18)17-7-10(2)23-14(8-17)16(19)20/h5-6,10,14H,7-8H2,1-4H3,(H,19,20)/t10-,14?/m1/s1. The smallest absolute Gasteiger partial charge is 0.334 e. The van der Waals surface area contributed by atoms with Crippen molar-refractivity contribution in [2.24, 2.45) is 0 Å². The van der Waals surface area contributed by atoms with Gasteiger partial charge in [-0.2, -0.15) is 0 Å². The van der Waals surface area contributed by atoms with Gasteiger partial charge < -0.3 is 14.7 Å². The van der Waals surface area contributed by atoms with E-state index in [4.69, 9.17) is 9.84 Å². The summed E-state index contributed by atoms with van der Waals surface area (Å²) in [4.78, 5) is 25.5. The van der Waals surface area contributed by atoms with E-state index in [0.717, 1.165) is 6.26 Å². The van der Waals surface area contributed by atoms with Crippen LogP contribution >= 0.6 is 0 Å². The van der Waals surface area contributed by atoms with Gasteiger partial charge >= 0.3 is 5.97 Å². The van der Waals surface area contributed by atoms with Crippen LogP contribution in [0.3, 0.4) is 0 Å². The van der Waals surface area contributed by atoms with Crippen LogP contribution in [0.1, 0.15) is 28.4 Å². The predicted molar refractivity (Wildman–Crippen MR) is 86.9 cm³/mol. The molecule has 2 rings (SSSR count). The van der Waals surface area contributed by atoms with E-state index in [-0.39, 0.29) is 29.5 Å². The Hall–Kier alpha value is -1.93. The molecule has 1 aromatic carbocycles. The molecule has 132 valence electrons. The first-order chi connectivity index (χ1) is 11.0. The van der Waals surface area contributed by atoms with E-state index in [9.17, 15) is 18.0 Å². The monoisotopic (exact) mass is 355 g/mol. The highest BCUT2D eigenvalue weighted by Gasteiger charge is 2.33. The van der Waals surface area contributed by atoms with Crippen LogP contribution in [0.2, 0.25) is 0 Å². The topological polar surface area (TPSA) is 101 Å². The summed E-state index contributed by atoms with van der Waals surface area (Å²) in [5.74, 6) is -1.51. The first-order valence-corrected chi connectivity index (χ1v) is 9.38. The number of carboxylic acid groups (broad SMARTS) is 1. The van der Waals surface area contributed by atoms with Crippen LogP contribution in [-0.2, 0) is 19.4 Å². The maximum atomic E-state index is 12.8. The van der Waals surface area contributed by atoms with Crippen LogP contribution in [-0.4, -0.2) is 61.9 Å². The predicted octanol–water partition coefficient (Wildman–Crippen LogP) is 1.02. The van der Waals surface area contributed by atoms with Crippen molar-refractivity contribution in [3.05, 3.63) is 28.8 Å². The Morgan fingerprint density at radius 2 is 1.88 bits per heavy atom. The van der Waals surface area contributed by atoms with Gasteiger partial charge in [0, 0.05) is 18.4 Å². The van der Waals surface area contributed by atoms with E-state index in [1.54, 1.807) is 20.8 Å². The number of ether oxygens (including phenoxy) is 1. The summed E-state index contributed by atoms with van der Waals surface area (Å²) >= 11 is 0. The molecule has 1 amide bonds. The molecule has 1 N–H and O–H groups in total. The van der Waals surface area contributed by atoms with Crippen molar-refractivity contribution < 1.29 is 27.9 Å². The molecule has 24 heavy (non-hydrogen) atoms. The van der Waals surface area contributed by atoms with Crippen LogP contribution in [0.4, 0.5) is 0 Å². The van der Waals surface area contributed by atoms with Crippen LogP contribution < -0.4 is 0 Å². The van der Waals surface area contributed by atoms with Crippen LogP contribution in [0.15, 0.2) is 17.0 Å². The van der Waals surface area contributed by atoms with E-state index < -0.39 is 28.0 Å². The minimum Gasteiger partial charge on any atom is -0.479 e. The molecule has 1 fully saturated rings. The van der Waals surface area contributed by atoms with Gasteiger partial charge in [0.05, 0.1) is 17.5 Å². The molecular weight excluding hydrogens is 334 g/mol. The number of benzene rings is 1. The molecule has 0 spiro atoms. The Balaban J connectivity index is 2.42. The molecule has 0 aromatic heterocycles. The number of carbonyl (C=O) groups is 2. The third kappa shape index (κ3) is 3.76. The zero-order valence-corrected chi connectivity index (χ0v) is 14.9. The number of rotatable bonds is 3. The maximum absolute atomic E-state index is 12.8. The highest BCUT2D eigenvalue weighted by atomic mass is 32.2. The molecule has 2 atom stereocenters. The van der Waals surface area contributed by atoms with Gasteiger partial charge in [0.25, 0.3) is 5.91 Å². The lowest BCUT2D eigenvalue weighted by Crippen LogP contribution is -2.51. The van der Waals surface area contributed by atoms with Gasteiger partial charge in [-0.1, -0.05) is 0 Å². The fraction of sp³-hybridized carbons (Fsp3) is 0.500. The Kier molecular flexibility index (Phi) is 5.00. The summed E-state index contributed by atoms with van der Waals surface area (Å²) in [5.41, 5.74) is 1.64. The lowest BCUT2D eigenvalue weighted by atomic mass is 10.0. The van der Waals surface area contributed by atoms with E-state index in [2.05, 4.69) is 0 Å². The van der Waals surface area contributed by atoms with Gasteiger partial charge in [0.1, 0.15) is 0 Å². The second kappa shape index (κ2) is 6.52. The van der Waals surface area contributed by atoms with Crippen molar-refractivity contribution in [1.29, 1.82) is 0 Å². The number of amides is 1. The number of carboxylic acids is 1. The summed E-state index contributed by atoms with van der Waals surface area (Å²) in [6, 6.07) is 2.89. The molecule has 0 radical (unpaired) electrons. The lowest BCUT2D eigenvalue weighted by molar-refractivity contribution is -0.160. The van der Waals surface area contributed by atoms with Crippen molar-refractivity contribution in [3.8, 4) is 0 Å². The fourth-order valence-electron chi connectivity index (χ4n) is 2.69.